The van der Waals surface area contributed by atoms with E-state index in [1.165, 1.54) is 0 Å². The van der Waals surface area contributed by atoms with Gasteiger partial charge in [-0.15, -0.1) is 0 Å². The highest BCUT2D eigenvalue weighted by Gasteiger charge is 2.51. The van der Waals surface area contributed by atoms with Gasteiger partial charge < -0.3 is 9.31 Å². The first-order valence-corrected chi connectivity index (χ1v) is 35.3. The van der Waals surface area contributed by atoms with Gasteiger partial charge in [0.05, 0.1) is 22.6 Å². The van der Waals surface area contributed by atoms with E-state index in [0.29, 0.717) is 63.3 Å². The Hall–Kier alpha value is -13.0. The van der Waals surface area contributed by atoms with Crippen LogP contribution in [-0.4, -0.2) is 73.1 Å². The van der Waals surface area contributed by atoms with E-state index in [0.717, 1.165) is 94.7 Å². The standard InChI is InChI=1S/C43H29N5.C27H26BN3O2.C21H14ClN3/c1-5-14-31(15-6-1)38-29-39(45-40(44-38)32-16-7-2-8-17-32)37-23-13-22-36(28-37)30-24-26-35(27-25-30)43-47-41(33-18-9-3-10-19-33)46-42(48-43)34-20-11-4-12-21-34;1-26(2)27(3,4)33-28(32-26)22-17-11-16-21(18-22)25-30-23(19-12-7-5-8-13-19)29-24(31-25)20-14-9-6-10-15-20;22-18-13-11-17(12-14-18)21-24-19(15-7-3-1-4-8-15)23-20(25-21)16-9-5-2-6-10-16/h1-29H;5-18H,1-4H3;1-14H. The molecule has 5 heterocycles. The number of hydrogen-bond donors (Lipinski definition) is 0. The fourth-order valence-electron chi connectivity index (χ4n) is 12.0. The van der Waals surface area contributed by atoms with Gasteiger partial charge in [0.1, 0.15) is 0 Å². The van der Waals surface area contributed by atoms with Crippen molar-refractivity contribution in [2.75, 3.05) is 0 Å². The van der Waals surface area contributed by atoms with Crippen molar-refractivity contribution in [3.8, 4) is 148 Å². The first kappa shape index (κ1) is 68.8. The van der Waals surface area contributed by atoms with Crippen molar-refractivity contribution in [1.82, 2.24) is 54.8 Å². The van der Waals surface area contributed by atoms with E-state index in [2.05, 4.69) is 109 Å². The maximum absolute atomic E-state index is 6.25. The lowest BCUT2D eigenvalue weighted by Crippen LogP contribution is -2.41. The molecule has 0 N–H and O–H groups in total. The molecule has 1 aliphatic heterocycles. The zero-order valence-electron chi connectivity index (χ0n) is 58.6. The van der Waals surface area contributed by atoms with Crippen LogP contribution in [-0.2, 0) is 9.31 Å². The van der Waals surface area contributed by atoms with Crippen molar-refractivity contribution in [2.24, 2.45) is 0 Å². The normalized spacial score (nSPS) is 12.6. The number of aromatic nitrogens is 11. The molecule has 0 aliphatic carbocycles. The number of rotatable bonds is 14. The first-order chi connectivity index (χ1) is 51.9. The van der Waals surface area contributed by atoms with Gasteiger partial charge in [0.15, 0.2) is 58.2 Å². The Labute approximate surface area is 621 Å². The van der Waals surface area contributed by atoms with Gasteiger partial charge in [-0.2, -0.15) is 0 Å². The Morgan fingerprint density at radius 2 is 0.443 bits per heavy atom. The van der Waals surface area contributed by atoms with Crippen LogP contribution >= 0.6 is 11.6 Å². The molecule has 1 fully saturated rings. The topological polar surface area (TPSA) is 160 Å². The number of benzene rings is 12. The molecule has 15 heteroatoms. The predicted octanol–water partition coefficient (Wildman–Crippen LogP) is 21.0. The minimum atomic E-state index is -0.445. The Morgan fingerprint density at radius 3 is 0.783 bits per heavy atom. The van der Waals surface area contributed by atoms with Crippen LogP contribution in [0.1, 0.15) is 27.7 Å². The Morgan fingerprint density at radius 1 is 0.208 bits per heavy atom. The molecule has 0 radical (unpaired) electrons. The molecule has 106 heavy (non-hydrogen) atoms. The third kappa shape index (κ3) is 16.1. The summed E-state index contributed by atoms with van der Waals surface area (Å²) in [5.74, 6) is 6.44. The molecule has 0 amide bonds. The fraction of sp³-hybridized carbons (Fsp3) is 0.0659. The lowest BCUT2D eigenvalue weighted by molar-refractivity contribution is 0.00578. The molecule has 1 aliphatic rings. The molecule has 1 saturated heterocycles. The van der Waals surface area contributed by atoms with E-state index in [1.54, 1.807) is 0 Å². The molecular formula is C91H69BClN11O2. The molecule has 510 valence electrons. The zero-order valence-corrected chi connectivity index (χ0v) is 59.4. The molecule has 12 aromatic carbocycles. The SMILES string of the molecule is CC1(C)OB(c2cccc(-c3nc(-c4ccccc4)nc(-c4ccccc4)n3)c2)OC1(C)C.Clc1ccc(-c2nc(-c3ccccc3)nc(-c3ccccc3)n2)cc1.c1ccc(-c2cc(-c3cccc(-c4ccc(-c5nc(-c6ccccc6)nc(-c6ccccc6)n5)cc4)c3)nc(-c3ccccc3)n2)cc1. The summed E-state index contributed by atoms with van der Waals surface area (Å²) in [6, 6.07) is 115. The predicted molar refractivity (Wildman–Crippen MR) is 426 cm³/mol. The van der Waals surface area contributed by atoms with Crippen molar-refractivity contribution < 1.29 is 9.31 Å². The minimum absolute atomic E-state index is 0.401. The fourth-order valence-corrected chi connectivity index (χ4v) is 12.1. The van der Waals surface area contributed by atoms with Crippen LogP contribution < -0.4 is 5.46 Å². The van der Waals surface area contributed by atoms with Crippen LogP contribution in [0, 0.1) is 0 Å². The largest absolute Gasteiger partial charge is 0.494 e. The van der Waals surface area contributed by atoms with Crippen molar-refractivity contribution in [3.05, 3.63) is 351 Å². The van der Waals surface area contributed by atoms with Crippen molar-refractivity contribution in [1.29, 1.82) is 0 Å². The van der Waals surface area contributed by atoms with Gasteiger partial charge in [-0.05, 0) is 80.7 Å². The maximum atomic E-state index is 6.25. The maximum Gasteiger partial charge on any atom is 0.494 e. The van der Waals surface area contributed by atoms with Crippen LogP contribution in [0.5, 0.6) is 0 Å². The second kappa shape index (κ2) is 31.3. The monoisotopic (exact) mass is 1390 g/mol. The summed E-state index contributed by atoms with van der Waals surface area (Å²) in [7, 11) is -0.445. The number of hydrogen-bond acceptors (Lipinski definition) is 13. The van der Waals surface area contributed by atoms with Crippen LogP contribution in [0.4, 0.5) is 0 Å². The minimum Gasteiger partial charge on any atom is -0.399 e. The van der Waals surface area contributed by atoms with Gasteiger partial charge in [-0.1, -0.05) is 321 Å². The van der Waals surface area contributed by atoms with E-state index in [4.69, 9.17) is 60.8 Å². The summed E-state index contributed by atoms with van der Waals surface area (Å²) < 4.78 is 12.5. The van der Waals surface area contributed by atoms with Crippen LogP contribution in [0.2, 0.25) is 5.02 Å². The number of halogens is 1. The van der Waals surface area contributed by atoms with E-state index < -0.39 is 18.3 Å². The van der Waals surface area contributed by atoms with Gasteiger partial charge in [-0.3, -0.25) is 0 Å². The molecule has 0 spiro atoms. The Bertz CT molecular complexity index is 5400. The van der Waals surface area contributed by atoms with Crippen molar-refractivity contribution in [2.45, 2.75) is 38.9 Å². The molecule has 16 aromatic rings. The highest BCUT2D eigenvalue weighted by Crippen LogP contribution is 2.38. The highest BCUT2D eigenvalue weighted by atomic mass is 35.5. The van der Waals surface area contributed by atoms with Gasteiger partial charge in [0, 0.05) is 71.8 Å². The summed E-state index contributed by atoms with van der Waals surface area (Å²) >= 11 is 6.00. The van der Waals surface area contributed by atoms with Crippen LogP contribution in [0.25, 0.3) is 148 Å². The molecule has 13 nitrogen and oxygen atoms in total. The third-order valence-electron chi connectivity index (χ3n) is 18.3. The van der Waals surface area contributed by atoms with E-state index in [1.807, 2.05) is 279 Å². The second-order valence-electron chi connectivity index (χ2n) is 26.2. The van der Waals surface area contributed by atoms with E-state index >= 15 is 0 Å². The quantitative estimate of drug-likeness (QED) is 0.0947. The lowest BCUT2D eigenvalue weighted by Gasteiger charge is -2.32. The Balaban J connectivity index is 0.000000135. The summed E-state index contributed by atoms with van der Waals surface area (Å²) in [4.78, 5) is 53.0. The molecular weight excluding hydrogens is 1330 g/mol. The molecule has 0 bridgehead atoms. The molecule has 0 atom stereocenters. The smallest absolute Gasteiger partial charge is 0.399 e. The van der Waals surface area contributed by atoms with Crippen LogP contribution in [0.15, 0.2) is 346 Å². The van der Waals surface area contributed by atoms with Gasteiger partial charge in [0.25, 0.3) is 0 Å². The van der Waals surface area contributed by atoms with Crippen molar-refractivity contribution >= 4 is 24.2 Å². The highest BCUT2D eigenvalue weighted by molar-refractivity contribution is 6.62. The molecule has 0 saturated carbocycles. The summed E-state index contributed by atoms with van der Waals surface area (Å²) in [6.45, 7) is 8.23. The average molecular weight is 1390 g/mol. The van der Waals surface area contributed by atoms with Gasteiger partial charge >= 0.3 is 7.12 Å². The molecule has 17 rings (SSSR count). The second-order valence-corrected chi connectivity index (χ2v) is 26.6. The average Bonchev–Trinajstić information content (AvgIpc) is 1.63. The lowest BCUT2D eigenvalue weighted by atomic mass is 9.78. The van der Waals surface area contributed by atoms with Crippen molar-refractivity contribution in [3.63, 3.8) is 0 Å². The van der Waals surface area contributed by atoms with E-state index in [-0.39, 0.29) is 0 Å². The van der Waals surface area contributed by atoms with Gasteiger partial charge in [-0.25, -0.2) is 54.8 Å². The molecule has 0 unspecified atom stereocenters. The third-order valence-corrected chi connectivity index (χ3v) is 18.6. The first-order valence-electron chi connectivity index (χ1n) is 34.9. The van der Waals surface area contributed by atoms with E-state index in [9.17, 15) is 0 Å². The summed E-state index contributed by atoms with van der Waals surface area (Å²) in [6.07, 6.45) is 0. The number of nitrogens with zero attached hydrogens (tertiary/aromatic N) is 11. The van der Waals surface area contributed by atoms with Gasteiger partial charge in [0.2, 0.25) is 0 Å². The molecule has 4 aromatic heterocycles. The summed E-state index contributed by atoms with van der Waals surface area (Å²) in [5.41, 5.74) is 15.5. The zero-order chi connectivity index (χ0) is 72.2. The Kier molecular flexibility index (Phi) is 20.3. The van der Waals surface area contributed by atoms with Crippen LogP contribution in [0.3, 0.4) is 0 Å². The summed E-state index contributed by atoms with van der Waals surface area (Å²) in [5, 5.41) is 0.685.